The summed E-state index contributed by atoms with van der Waals surface area (Å²) in [4.78, 5) is 40.7. The fraction of sp³-hybridized carbons (Fsp3) is 0.136. The normalized spacial score (nSPS) is 12.0. The molecule has 0 spiro atoms. The molecule has 0 fully saturated rings. The zero-order valence-corrected chi connectivity index (χ0v) is 19.5. The number of aromatic amines is 2. The Morgan fingerprint density at radius 3 is 2.66 bits per heavy atom. The van der Waals surface area contributed by atoms with Crippen LogP contribution in [0.25, 0.3) is 5.69 Å². The van der Waals surface area contributed by atoms with Crippen LogP contribution >= 0.6 is 23.4 Å². The number of anilines is 1. The van der Waals surface area contributed by atoms with E-state index in [2.05, 4.69) is 25.5 Å². The molecule has 35 heavy (non-hydrogen) atoms. The van der Waals surface area contributed by atoms with Gasteiger partial charge in [0.15, 0.2) is 16.7 Å². The molecule has 178 valence electrons. The third-order valence-electron chi connectivity index (χ3n) is 4.94. The number of amides is 1. The van der Waals surface area contributed by atoms with Crippen LogP contribution in [-0.2, 0) is 11.2 Å². The summed E-state index contributed by atoms with van der Waals surface area (Å²) in [5.41, 5.74) is 0.535. The van der Waals surface area contributed by atoms with E-state index in [1.807, 2.05) is 0 Å². The number of nitrogens with zero attached hydrogens (tertiary/aromatic N) is 3. The number of carbonyl (C=O) groups is 1. The molecule has 0 saturated carbocycles. The van der Waals surface area contributed by atoms with Crippen molar-refractivity contribution in [2.75, 3.05) is 17.9 Å². The summed E-state index contributed by atoms with van der Waals surface area (Å²) in [5.74, 6) is 1.47. The van der Waals surface area contributed by atoms with E-state index in [1.165, 1.54) is 17.8 Å². The quantitative estimate of drug-likeness (QED) is 0.320. The molecule has 0 aliphatic carbocycles. The van der Waals surface area contributed by atoms with Gasteiger partial charge in [-0.2, -0.15) is 0 Å². The van der Waals surface area contributed by atoms with Crippen molar-refractivity contribution < 1.29 is 14.3 Å². The second kappa shape index (κ2) is 9.68. The molecule has 1 aliphatic rings. The van der Waals surface area contributed by atoms with E-state index in [-0.39, 0.29) is 24.9 Å². The van der Waals surface area contributed by atoms with E-state index in [1.54, 1.807) is 47.0 Å². The van der Waals surface area contributed by atoms with Gasteiger partial charge < -0.3 is 19.8 Å². The predicted molar refractivity (Wildman–Crippen MR) is 129 cm³/mol. The van der Waals surface area contributed by atoms with Gasteiger partial charge in [-0.25, -0.2) is 4.79 Å². The summed E-state index contributed by atoms with van der Waals surface area (Å²) in [5, 5.41) is 12.3. The molecule has 0 atom stereocenters. The second-order valence-electron chi connectivity index (χ2n) is 7.41. The van der Waals surface area contributed by atoms with E-state index in [9.17, 15) is 14.4 Å². The molecule has 3 N–H and O–H groups in total. The van der Waals surface area contributed by atoms with Crippen LogP contribution in [0.5, 0.6) is 11.5 Å². The predicted octanol–water partition coefficient (Wildman–Crippen LogP) is 2.35. The lowest BCUT2D eigenvalue weighted by atomic mass is 10.2. The van der Waals surface area contributed by atoms with Gasteiger partial charge in [0.1, 0.15) is 5.82 Å². The Morgan fingerprint density at radius 1 is 1.06 bits per heavy atom. The van der Waals surface area contributed by atoms with Crippen LogP contribution in [0.15, 0.2) is 63.3 Å². The number of carbonyl (C=O) groups excluding carboxylic acids is 1. The van der Waals surface area contributed by atoms with E-state index in [4.69, 9.17) is 21.1 Å². The van der Waals surface area contributed by atoms with Gasteiger partial charge in [-0.05, 0) is 36.4 Å². The molecule has 11 nitrogen and oxygen atoms in total. The zero-order valence-electron chi connectivity index (χ0n) is 17.9. The van der Waals surface area contributed by atoms with Crippen molar-refractivity contribution in [3.05, 3.63) is 85.9 Å². The number of fused-ring (bicyclic) bond motifs is 1. The van der Waals surface area contributed by atoms with Crippen molar-refractivity contribution in [2.24, 2.45) is 0 Å². The van der Waals surface area contributed by atoms with Crippen LogP contribution < -0.4 is 26.0 Å². The summed E-state index contributed by atoms with van der Waals surface area (Å²) in [6, 6.07) is 13.4. The first-order valence-electron chi connectivity index (χ1n) is 10.3. The van der Waals surface area contributed by atoms with Crippen LogP contribution in [0.1, 0.15) is 11.5 Å². The average Bonchev–Trinajstić information content (AvgIpc) is 3.44. The van der Waals surface area contributed by atoms with Gasteiger partial charge in [-0.3, -0.25) is 19.1 Å². The van der Waals surface area contributed by atoms with Crippen LogP contribution in [0.2, 0.25) is 5.02 Å². The molecule has 2 aromatic carbocycles. The second-order valence-corrected chi connectivity index (χ2v) is 8.78. The number of hydrogen-bond donors (Lipinski definition) is 3. The van der Waals surface area contributed by atoms with Crippen molar-refractivity contribution >= 4 is 35.0 Å². The Kier molecular flexibility index (Phi) is 6.29. The Balaban J connectivity index is 1.37. The minimum absolute atomic E-state index is 0.0575. The fourth-order valence-corrected chi connectivity index (χ4v) is 4.34. The van der Waals surface area contributed by atoms with E-state index < -0.39 is 11.2 Å². The molecule has 1 aliphatic heterocycles. The Labute approximate surface area is 206 Å². The van der Waals surface area contributed by atoms with E-state index in [0.29, 0.717) is 44.6 Å². The molecule has 4 aromatic rings. The summed E-state index contributed by atoms with van der Waals surface area (Å²) in [7, 11) is 0. The van der Waals surface area contributed by atoms with Gasteiger partial charge in [-0.1, -0.05) is 23.4 Å². The molecule has 13 heteroatoms. The minimum atomic E-state index is -0.611. The third kappa shape index (κ3) is 5.23. The number of halogens is 1. The molecule has 0 bridgehead atoms. The molecular formula is C22H17ClN6O5S. The summed E-state index contributed by atoms with van der Waals surface area (Å²) in [6.45, 7) is 0.149. The molecule has 0 unspecified atom stereocenters. The van der Waals surface area contributed by atoms with Crippen molar-refractivity contribution in [2.45, 2.75) is 11.6 Å². The number of rotatable bonds is 7. The number of hydrogen-bond acceptors (Lipinski definition) is 8. The van der Waals surface area contributed by atoms with Gasteiger partial charge in [0, 0.05) is 40.6 Å². The number of ether oxygens (including phenoxy) is 2. The fourth-order valence-electron chi connectivity index (χ4n) is 3.44. The van der Waals surface area contributed by atoms with Gasteiger partial charge in [0.05, 0.1) is 5.75 Å². The lowest BCUT2D eigenvalue weighted by molar-refractivity contribution is -0.113. The Morgan fingerprint density at radius 2 is 1.86 bits per heavy atom. The summed E-state index contributed by atoms with van der Waals surface area (Å²) < 4.78 is 12.4. The maximum atomic E-state index is 12.6. The highest BCUT2D eigenvalue weighted by atomic mass is 35.5. The lowest BCUT2D eigenvalue weighted by Gasteiger charge is -2.11. The van der Waals surface area contributed by atoms with Gasteiger partial charge in [0.25, 0.3) is 5.56 Å². The first-order chi connectivity index (χ1) is 16.9. The Hall–Kier alpha value is -4.03. The number of aromatic nitrogens is 5. The van der Waals surface area contributed by atoms with Crippen molar-refractivity contribution in [3.8, 4) is 17.2 Å². The minimum Gasteiger partial charge on any atom is -0.454 e. The van der Waals surface area contributed by atoms with Gasteiger partial charge >= 0.3 is 5.69 Å². The van der Waals surface area contributed by atoms with Crippen molar-refractivity contribution in [1.82, 2.24) is 24.7 Å². The highest BCUT2D eigenvalue weighted by Crippen LogP contribution is 2.34. The standard InChI is InChI=1S/C22H17ClN6O5S/c23-12-1-4-15(5-2-12)29-18(8-14-9-19(30)26-21(32)25-14)27-28-22(29)35-10-20(31)24-13-3-6-16-17(7-13)34-11-33-16/h1-7,9H,8,10-11H2,(H,24,31)(H2,25,26,30,32). The number of benzene rings is 2. The van der Waals surface area contributed by atoms with Crippen molar-refractivity contribution in [1.29, 1.82) is 0 Å². The van der Waals surface area contributed by atoms with Crippen LogP contribution in [-0.4, -0.2) is 43.2 Å². The largest absolute Gasteiger partial charge is 0.454 e. The highest BCUT2D eigenvalue weighted by molar-refractivity contribution is 7.99. The third-order valence-corrected chi connectivity index (χ3v) is 6.12. The first kappa shape index (κ1) is 22.7. The smallest absolute Gasteiger partial charge is 0.325 e. The number of nitrogens with one attached hydrogen (secondary N) is 3. The molecule has 2 aromatic heterocycles. The molecule has 0 saturated heterocycles. The molecule has 1 amide bonds. The monoisotopic (exact) mass is 512 g/mol. The summed E-state index contributed by atoms with van der Waals surface area (Å²) in [6.07, 6.45) is 0.138. The lowest BCUT2D eigenvalue weighted by Crippen LogP contribution is -2.23. The van der Waals surface area contributed by atoms with Crippen LogP contribution in [0, 0.1) is 0 Å². The molecule has 3 heterocycles. The van der Waals surface area contributed by atoms with Crippen LogP contribution in [0.3, 0.4) is 0 Å². The van der Waals surface area contributed by atoms with Gasteiger partial charge in [-0.15, -0.1) is 10.2 Å². The highest BCUT2D eigenvalue weighted by Gasteiger charge is 2.18. The molecular weight excluding hydrogens is 496 g/mol. The maximum absolute atomic E-state index is 12.6. The number of thioether (sulfide) groups is 1. The SMILES string of the molecule is O=C(CSc1nnc(Cc2cc(=O)[nH]c(=O)[nH]2)n1-c1ccc(Cl)cc1)Nc1ccc2c(c1)OCO2. The topological polar surface area (TPSA) is 144 Å². The van der Waals surface area contributed by atoms with Gasteiger partial charge in [0.2, 0.25) is 12.7 Å². The summed E-state index contributed by atoms with van der Waals surface area (Å²) >= 11 is 7.22. The van der Waals surface area contributed by atoms with Crippen LogP contribution in [0.4, 0.5) is 5.69 Å². The molecule has 0 radical (unpaired) electrons. The maximum Gasteiger partial charge on any atom is 0.325 e. The zero-order chi connectivity index (χ0) is 24.4. The first-order valence-corrected chi connectivity index (χ1v) is 11.7. The van der Waals surface area contributed by atoms with Crippen molar-refractivity contribution in [3.63, 3.8) is 0 Å². The van der Waals surface area contributed by atoms with E-state index >= 15 is 0 Å². The molecule has 5 rings (SSSR count). The van der Waals surface area contributed by atoms with E-state index in [0.717, 1.165) is 0 Å². The average molecular weight is 513 g/mol. The Bertz CT molecular complexity index is 1490. The number of H-pyrrole nitrogens is 2.